The number of Topliss-reactive ketones (excluding diaryl/α,β-unsaturated/α-hetero) is 1. The minimum absolute atomic E-state index is 0.194. The largest absolute Gasteiger partial charge is 0.462 e. The molecule has 6 heteroatoms. The van der Waals surface area contributed by atoms with E-state index >= 15 is 0 Å². The van der Waals surface area contributed by atoms with Crippen LogP contribution in [0.15, 0.2) is 11.4 Å². The quantitative estimate of drug-likeness (QED) is 0.643. The van der Waals surface area contributed by atoms with Gasteiger partial charge in [-0.2, -0.15) is 0 Å². The minimum atomic E-state index is -0.480. The molecule has 5 nitrogen and oxygen atoms in total. The van der Waals surface area contributed by atoms with Crippen LogP contribution in [0, 0.1) is 0 Å². The van der Waals surface area contributed by atoms with Gasteiger partial charge < -0.3 is 10.1 Å². The number of hydrogen-bond acceptors (Lipinski definition) is 5. The van der Waals surface area contributed by atoms with Crippen molar-refractivity contribution in [2.24, 2.45) is 0 Å². The van der Waals surface area contributed by atoms with Gasteiger partial charge in [0, 0.05) is 0 Å². The maximum absolute atomic E-state index is 11.5. The van der Waals surface area contributed by atoms with Crippen molar-refractivity contribution in [1.82, 2.24) is 0 Å². The molecule has 0 aliphatic heterocycles. The molecule has 0 saturated carbocycles. The second-order valence-corrected chi connectivity index (χ2v) is 4.23. The van der Waals surface area contributed by atoms with Crippen molar-refractivity contribution >= 4 is 34.0 Å². The van der Waals surface area contributed by atoms with E-state index in [1.54, 1.807) is 18.4 Å². The van der Waals surface area contributed by atoms with Crippen molar-refractivity contribution in [2.45, 2.75) is 20.3 Å². The number of carbonyl (C=O) groups excluding carboxylic acids is 3. The van der Waals surface area contributed by atoms with Gasteiger partial charge in [-0.15, -0.1) is 11.3 Å². The fourth-order valence-corrected chi connectivity index (χ4v) is 1.96. The van der Waals surface area contributed by atoms with Gasteiger partial charge in [0.15, 0.2) is 0 Å². The van der Waals surface area contributed by atoms with E-state index in [4.69, 9.17) is 4.74 Å². The summed E-state index contributed by atoms with van der Waals surface area (Å²) in [4.78, 5) is 33.6. The van der Waals surface area contributed by atoms with E-state index in [0.717, 1.165) is 0 Å². The van der Waals surface area contributed by atoms with Crippen molar-refractivity contribution in [3.05, 3.63) is 17.0 Å². The summed E-state index contributed by atoms with van der Waals surface area (Å²) in [5, 5.41) is 4.61. The standard InChI is InChI=1S/C11H13NO4S/c1-3-16-11(15)8-4-5-17-10(8)12-9(14)6-7(2)13/h4-5H,3,6H2,1-2H3,(H,12,14). The number of hydrogen-bond donors (Lipinski definition) is 1. The zero-order chi connectivity index (χ0) is 12.8. The Morgan fingerprint density at radius 2 is 2.12 bits per heavy atom. The highest BCUT2D eigenvalue weighted by molar-refractivity contribution is 7.14. The number of thiophene rings is 1. The topological polar surface area (TPSA) is 72.5 Å². The van der Waals surface area contributed by atoms with Crippen molar-refractivity contribution < 1.29 is 19.1 Å². The maximum Gasteiger partial charge on any atom is 0.341 e. The van der Waals surface area contributed by atoms with Crippen molar-refractivity contribution in [1.29, 1.82) is 0 Å². The monoisotopic (exact) mass is 255 g/mol. The van der Waals surface area contributed by atoms with E-state index < -0.39 is 11.9 Å². The Balaban J connectivity index is 2.72. The van der Waals surface area contributed by atoms with Gasteiger partial charge in [0.2, 0.25) is 5.91 Å². The molecule has 1 heterocycles. The molecule has 0 aromatic carbocycles. The number of carbonyl (C=O) groups is 3. The Labute approximate surface area is 103 Å². The van der Waals surface area contributed by atoms with E-state index in [-0.39, 0.29) is 18.8 Å². The average Bonchev–Trinajstić information content (AvgIpc) is 2.64. The van der Waals surface area contributed by atoms with E-state index in [9.17, 15) is 14.4 Å². The van der Waals surface area contributed by atoms with Crippen LogP contribution in [0.2, 0.25) is 0 Å². The average molecular weight is 255 g/mol. The van der Waals surface area contributed by atoms with Gasteiger partial charge in [-0.25, -0.2) is 4.79 Å². The van der Waals surface area contributed by atoms with Crippen LogP contribution in [-0.4, -0.2) is 24.3 Å². The second-order valence-electron chi connectivity index (χ2n) is 3.31. The van der Waals surface area contributed by atoms with E-state index in [1.165, 1.54) is 18.3 Å². The molecule has 0 radical (unpaired) electrons. The highest BCUT2D eigenvalue weighted by Crippen LogP contribution is 2.24. The fraction of sp³-hybridized carbons (Fsp3) is 0.364. The van der Waals surface area contributed by atoms with Crippen molar-refractivity contribution in [3.63, 3.8) is 0 Å². The van der Waals surface area contributed by atoms with E-state index in [0.29, 0.717) is 10.6 Å². The Hall–Kier alpha value is -1.69. The first-order chi connectivity index (χ1) is 8.04. The van der Waals surface area contributed by atoms with Crippen LogP contribution in [0.25, 0.3) is 0 Å². The number of esters is 1. The van der Waals surface area contributed by atoms with Crippen LogP contribution in [0.5, 0.6) is 0 Å². The SMILES string of the molecule is CCOC(=O)c1ccsc1NC(=O)CC(C)=O. The predicted molar refractivity (Wildman–Crippen MR) is 64.2 cm³/mol. The normalized spacial score (nSPS) is 9.76. The molecule has 1 amide bonds. The summed E-state index contributed by atoms with van der Waals surface area (Å²) in [6, 6.07) is 1.58. The Kier molecular flexibility index (Phi) is 4.84. The summed E-state index contributed by atoms with van der Waals surface area (Å²) >= 11 is 1.22. The number of nitrogens with one attached hydrogen (secondary N) is 1. The van der Waals surface area contributed by atoms with Crippen molar-refractivity contribution in [2.75, 3.05) is 11.9 Å². The molecule has 0 bridgehead atoms. The third kappa shape index (κ3) is 3.99. The summed E-state index contributed by atoms with van der Waals surface area (Å²) in [6.07, 6.45) is -0.194. The van der Waals surface area contributed by atoms with Gasteiger partial charge in [-0.05, 0) is 25.3 Å². The van der Waals surface area contributed by atoms with E-state index in [2.05, 4.69) is 5.32 Å². The molecule has 0 fully saturated rings. The summed E-state index contributed by atoms with van der Waals surface area (Å²) in [6.45, 7) is 3.31. The molecule has 0 saturated heterocycles. The first-order valence-corrected chi connectivity index (χ1v) is 5.96. The summed E-state index contributed by atoms with van der Waals surface area (Å²) < 4.78 is 4.84. The van der Waals surface area contributed by atoms with Gasteiger partial charge in [-0.1, -0.05) is 0 Å². The second kappa shape index (κ2) is 6.15. The molecule has 1 N–H and O–H groups in total. The first-order valence-electron chi connectivity index (χ1n) is 5.08. The molecule has 1 aromatic heterocycles. The molecular weight excluding hydrogens is 242 g/mol. The van der Waals surface area contributed by atoms with Crippen LogP contribution in [0.1, 0.15) is 30.6 Å². The molecule has 92 valence electrons. The molecule has 0 unspecified atom stereocenters. The number of anilines is 1. The maximum atomic E-state index is 11.5. The Bertz CT molecular complexity index is 438. The molecule has 0 aliphatic rings. The van der Waals surface area contributed by atoms with Gasteiger partial charge in [0.05, 0.1) is 18.6 Å². The van der Waals surface area contributed by atoms with Crippen molar-refractivity contribution in [3.8, 4) is 0 Å². The van der Waals surface area contributed by atoms with Crippen LogP contribution in [0.3, 0.4) is 0 Å². The van der Waals surface area contributed by atoms with Crippen LogP contribution >= 0.6 is 11.3 Å². The zero-order valence-electron chi connectivity index (χ0n) is 9.61. The molecule has 1 aromatic rings. The molecule has 0 spiro atoms. The third-order valence-corrected chi connectivity index (χ3v) is 2.65. The van der Waals surface area contributed by atoms with E-state index in [1.807, 2.05) is 0 Å². The van der Waals surface area contributed by atoms with Crippen LogP contribution in [-0.2, 0) is 14.3 Å². The molecule has 0 atom stereocenters. The summed E-state index contributed by atoms with van der Waals surface area (Å²) in [5.41, 5.74) is 0.314. The smallest absolute Gasteiger partial charge is 0.341 e. The fourth-order valence-electron chi connectivity index (χ4n) is 1.17. The van der Waals surface area contributed by atoms with Crippen LogP contribution in [0.4, 0.5) is 5.00 Å². The highest BCUT2D eigenvalue weighted by atomic mass is 32.1. The van der Waals surface area contributed by atoms with Gasteiger partial charge in [0.25, 0.3) is 0 Å². The number of ketones is 1. The van der Waals surface area contributed by atoms with Gasteiger partial charge in [0.1, 0.15) is 10.8 Å². The Morgan fingerprint density at radius 3 is 2.71 bits per heavy atom. The predicted octanol–water partition coefficient (Wildman–Crippen LogP) is 1.84. The number of ether oxygens (including phenoxy) is 1. The lowest BCUT2D eigenvalue weighted by molar-refractivity contribution is -0.124. The molecule has 1 rings (SSSR count). The third-order valence-electron chi connectivity index (χ3n) is 1.82. The number of rotatable bonds is 5. The molecule has 17 heavy (non-hydrogen) atoms. The molecular formula is C11H13NO4S. The lowest BCUT2D eigenvalue weighted by Gasteiger charge is -2.04. The first kappa shape index (κ1) is 13.4. The lowest BCUT2D eigenvalue weighted by Crippen LogP contribution is -2.16. The zero-order valence-corrected chi connectivity index (χ0v) is 10.4. The number of amides is 1. The van der Waals surface area contributed by atoms with Gasteiger partial charge in [-0.3, -0.25) is 9.59 Å². The Morgan fingerprint density at radius 1 is 1.41 bits per heavy atom. The van der Waals surface area contributed by atoms with Crippen LogP contribution < -0.4 is 5.32 Å². The summed E-state index contributed by atoms with van der Waals surface area (Å²) in [7, 11) is 0. The lowest BCUT2D eigenvalue weighted by atomic mass is 10.3. The highest BCUT2D eigenvalue weighted by Gasteiger charge is 2.16. The minimum Gasteiger partial charge on any atom is -0.462 e. The molecule has 0 aliphatic carbocycles. The summed E-state index contributed by atoms with van der Waals surface area (Å²) in [5.74, 6) is -1.13. The van der Waals surface area contributed by atoms with Gasteiger partial charge >= 0.3 is 5.97 Å².